The van der Waals surface area contributed by atoms with Crippen LogP contribution < -0.4 is 9.82 Å². The molecule has 2 saturated heterocycles. The molecule has 14 heteroatoms. The van der Waals surface area contributed by atoms with E-state index in [1.165, 1.54) is 20.4 Å². The standard InChI is InChI=1S/C17H24N5O8P/c1-5-27-17(24)8(2)21-31(25)28-6-10-13(30-31)12(23)16(29-10)22-7-18-11-14(22)19-9(3)20-15(11)26-4/h7-8,10,12-13,16,23H,5-6H2,1-4H3,(H,21,25)/t8-,10?,12-,13+,16+,31?/m0/s1. The second kappa shape index (κ2) is 8.41. The van der Waals surface area contributed by atoms with E-state index in [0.29, 0.717) is 22.9 Å². The average molecular weight is 457 g/mol. The first-order chi connectivity index (χ1) is 14.8. The van der Waals surface area contributed by atoms with Crippen molar-refractivity contribution in [3.05, 3.63) is 12.2 Å². The molecule has 0 radical (unpaired) electrons. The Morgan fingerprint density at radius 2 is 2.26 bits per heavy atom. The first kappa shape index (κ1) is 22.1. The molecule has 31 heavy (non-hydrogen) atoms. The van der Waals surface area contributed by atoms with Gasteiger partial charge in [-0.05, 0) is 20.8 Å². The van der Waals surface area contributed by atoms with Crippen molar-refractivity contribution < 1.29 is 37.7 Å². The Kier molecular flexibility index (Phi) is 5.99. The lowest BCUT2D eigenvalue weighted by Crippen LogP contribution is -2.44. The van der Waals surface area contributed by atoms with Crippen LogP contribution in [0.25, 0.3) is 11.2 Å². The highest BCUT2D eigenvalue weighted by atomic mass is 31.2. The van der Waals surface area contributed by atoms with Gasteiger partial charge in [0.15, 0.2) is 17.4 Å². The van der Waals surface area contributed by atoms with Gasteiger partial charge in [-0.25, -0.2) is 19.6 Å². The Bertz CT molecular complexity index is 1030. The predicted octanol–water partition coefficient (Wildman–Crippen LogP) is 0.466. The molecule has 170 valence electrons. The van der Waals surface area contributed by atoms with Gasteiger partial charge < -0.3 is 19.3 Å². The lowest BCUT2D eigenvalue weighted by atomic mass is 10.1. The largest absolute Gasteiger partial charge is 0.479 e. The number of nitrogens with zero attached hydrogens (tertiary/aromatic N) is 4. The van der Waals surface area contributed by atoms with Crippen molar-refractivity contribution in [2.24, 2.45) is 0 Å². The summed E-state index contributed by atoms with van der Waals surface area (Å²) in [4.78, 5) is 24.7. The summed E-state index contributed by atoms with van der Waals surface area (Å²) in [7, 11) is -2.41. The molecule has 0 bridgehead atoms. The maximum atomic E-state index is 13.0. The third-order valence-corrected chi connectivity index (χ3v) is 6.65. The number of esters is 1. The van der Waals surface area contributed by atoms with E-state index in [2.05, 4.69) is 20.0 Å². The van der Waals surface area contributed by atoms with Crippen molar-refractivity contribution in [1.29, 1.82) is 0 Å². The topological polar surface area (TPSA) is 156 Å². The molecular weight excluding hydrogens is 433 g/mol. The zero-order chi connectivity index (χ0) is 22.3. The van der Waals surface area contributed by atoms with Crippen LogP contribution in [0.4, 0.5) is 0 Å². The number of hydrogen-bond acceptors (Lipinski definition) is 11. The summed E-state index contributed by atoms with van der Waals surface area (Å²) in [5.41, 5.74) is 0.816. The smallest absolute Gasteiger partial charge is 0.406 e. The Morgan fingerprint density at radius 3 is 2.97 bits per heavy atom. The molecule has 2 fully saturated rings. The first-order valence-electron chi connectivity index (χ1n) is 9.72. The summed E-state index contributed by atoms with van der Waals surface area (Å²) >= 11 is 0. The lowest BCUT2D eigenvalue weighted by molar-refractivity contribution is -0.145. The number of carbonyl (C=O) groups is 1. The van der Waals surface area contributed by atoms with Crippen molar-refractivity contribution in [3.8, 4) is 5.88 Å². The summed E-state index contributed by atoms with van der Waals surface area (Å²) in [5.74, 6) is 0.159. The van der Waals surface area contributed by atoms with E-state index >= 15 is 0 Å². The zero-order valence-electron chi connectivity index (χ0n) is 17.4. The number of aliphatic hydroxyl groups is 1. The van der Waals surface area contributed by atoms with Gasteiger partial charge in [0.1, 0.15) is 30.2 Å². The van der Waals surface area contributed by atoms with Crippen molar-refractivity contribution >= 4 is 24.9 Å². The molecule has 6 atom stereocenters. The van der Waals surface area contributed by atoms with E-state index in [1.54, 1.807) is 18.4 Å². The van der Waals surface area contributed by atoms with Crippen LogP contribution in [0.3, 0.4) is 0 Å². The van der Waals surface area contributed by atoms with Crippen LogP contribution in [0, 0.1) is 6.92 Å². The number of aliphatic hydroxyl groups excluding tert-OH is 1. The molecule has 0 spiro atoms. The number of methoxy groups -OCH3 is 1. The Morgan fingerprint density at radius 1 is 1.48 bits per heavy atom. The summed E-state index contributed by atoms with van der Waals surface area (Å²) in [6.45, 7) is 4.92. The van der Waals surface area contributed by atoms with Gasteiger partial charge in [-0.3, -0.25) is 18.4 Å². The fourth-order valence-electron chi connectivity index (χ4n) is 3.52. The van der Waals surface area contributed by atoms with Crippen LogP contribution in [0.2, 0.25) is 0 Å². The van der Waals surface area contributed by atoms with Crippen molar-refractivity contribution in [1.82, 2.24) is 24.6 Å². The molecule has 2 aromatic rings. The molecular formula is C17H24N5O8P. The maximum Gasteiger partial charge on any atom is 0.406 e. The average Bonchev–Trinajstić information content (AvgIpc) is 3.28. The number of aromatic nitrogens is 4. The highest BCUT2D eigenvalue weighted by molar-refractivity contribution is 7.51. The van der Waals surface area contributed by atoms with E-state index in [4.69, 9.17) is 23.3 Å². The second-order valence-electron chi connectivity index (χ2n) is 7.13. The Balaban J connectivity index is 1.55. The number of fused-ring (bicyclic) bond motifs is 2. The quantitative estimate of drug-likeness (QED) is 0.457. The molecule has 0 saturated carbocycles. The number of rotatable bonds is 6. The van der Waals surface area contributed by atoms with Gasteiger partial charge >= 0.3 is 13.7 Å². The third kappa shape index (κ3) is 4.04. The van der Waals surface area contributed by atoms with E-state index in [1.807, 2.05) is 0 Å². The number of aryl methyl sites for hydroxylation is 1. The molecule has 0 amide bonds. The summed E-state index contributed by atoms with van der Waals surface area (Å²) < 4.78 is 41.5. The number of nitrogens with one attached hydrogen (secondary N) is 1. The van der Waals surface area contributed by atoms with Crippen LogP contribution in [0.1, 0.15) is 25.9 Å². The highest BCUT2D eigenvalue weighted by Crippen LogP contribution is 2.53. The van der Waals surface area contributed by atoms with E-state index in [9.17, 15) is 14.5 Å². The van der Waals surface area contributed by atoms with Gasteiger partial charge in [-0.2, -0.15) is 4.98 Å². The van der Waals surface area contributed by atoms with Gasteiger partial charge in [0.25, 0.3) is 0 Å². The van der Waals surface area contributed by atoms with Gasteiger partial charge in [-0.1, -0.05) is 0 Å². The number of carbonyl (C=O) groups excluding carboxylic acids is 1. The minimum Gasteiger partial charge on any atom is -0.479 e. The Hall–Kier alpha value is -2.15. The van der Waals surface area contributed by atoms with E-state index < -0.39 is 44.3 Å². The van der Waals surface area contributed by atoms with Gasteiger partial charge in [0, 0.05) is 0 Å². The summed E-state index contributed by atoms with van der Waals surface area (Å²) in [6, 6.07) is -0.928. The molecule has 2 aliphatic heterocycles. The van der Waals surface area contributed by atoms with Crippen LogP contribution in [-0.2, 0) is 27.9 Å². The molecule has 2 aliphatic rings. The minimum atomic E-state index is -3.89. The van der Waals surface area contributed by atoms with Crippen molar-refractivity contribution in [3.63, 3.8) is 0 Å². The van der Waals surface area contributed by atoms with Gasteiger partial charge in [0.2, 0.25) is 5.88 Å². The lowest BCUT2D eigenvalue weighted by Gasteiger charge is -2.32. The third-order valence-electron chi connectivity index (χ3n) is 4.94. The van der Waals surface area contributed by atoms with E-state index in [0.717, 1.165) is 0 Å². The molecule has 13 nitrogen and oxygen atoms in total. The van der Waals surface area contributed by atoms with E-state index in [-0.39, 0.29) is 13.2 Å². The Labute approximate surface area is 177 Å². The molecule has 0 aromatic carbocycles. The highest BCUT2D eigenvalue weighted by Gasteiger charge is 2.53. The van der Waals surface area contributed by atoms with Crippen molar-refractivity contribution in [2.75, 3.05) is 20.3 Å². The van der Waals surface area contributed by atoms with Crippen LogP contribution in [0.15, 0.2) is 6.33 Å². The second-order valence-corrected chi connectivity index (χ2v) is 8.85. The van der Waals surface area contributed by atoms with Crippen molar-refractivity contribution in [2.45, 2.75) is 51.4 Å². The van der Waals surface area contributed by atoms with Crippen LogP contribution >= 0.6 is 7.75 Å². The fourth-order valence-corrected chi connectivity index (χ4v) is 5.22. The number of imidazole rings is 1. The summed E-state index contributed by atoms with van der Waals surface area (Å²) in [5, 5.41) is 13.4. The normalized spacial score (nSPS) is 31.4. The van der Waals surface area contributed by atoms with Gasteiger partial charge in [-0.15, -0.1) is 0 Å². The molecule has 4 rings (SSSR count). The zero-order valence-corrected chi connectivity index (χ0v) is 18.3. The molecule has 4 heterocycles. The molecule has 2 N–H and O–H groups in total. The van der Waals surface area contributed by atoms with Crippen LogP contribution in [0.5, 0.6) is 5.88 Å². The first-order valence-corrected chi connectivity index (χ1v) is 11.3. The number of hydrogen-bond donors (Lipinski definition) is 2. The molecule has 2 aromatic heterocycles. The van der Waals surface area contributed by atoms with Crippen LogP contribution in [-0.4, -0.2) is 75.3 Å². The SMILES string of the molecule is CCOC(=O)[C@H](C)NP1(=O)OCC2O[C@@H](n3cnc4c(OC)nc(C)nc43)[C@@H](O)[C@@H]2O1. The number of ether oxygens (including phenoxy) is 3. The molecule has 0 aliphatic carbocycles. The predicted molar refractivity (Wildman–Crippen MR) is 104 cm³/mol. The minimum absolute atomic E-state index is 0.109. The maximum absolute atomic E-state index is 13.0. The fraction of sp³-hybridized carbons (Fsp3) is 0.647. The monoisotopic (exact) mass is 457 g/mol. The van der Waals surface area contributed by atoms with Gasteiger partial charge in [0.05, 0.1) is 26.7 Å². The molecule has 2 unspecified atom stereocenters. The summed E-state index contributed by atoms with van der Waals surface area (Å²) in [6.07, 6.45) is -2.33.